The Morgan fingerprint density at radius 3 is 2.76 bits per heavy atom. The maximum Gasteiger partial charge on any atom is 0.339 e. The number of carbonyl (C=O) groups excluding carboxylic acids is 1. The predicted molar refractivity (Wildman–Crippen MR) is 77.3 cm³/mol. The smallest absolute Gasteiger partial charge is 0.339 e. The summed E-state index contributed by atoms with van der Waals surface area (Å²) in [6, 6.07) is 4.65. The van der Waals surface area contributed by atoms with Crippen molar-refractivity contribution in [1.29, 1.82) is 0 Å². The lowest BCUT2D eigenvalue weighted by atomic mass is 10.2. The van der Waals surface area contributed by atoms with Crippen LogP contribution in [0, 0.1) is 0 Å². The largest absolute Gasteiger partial charge is 0.481 e. The molecule has 2 rings (SSSR count). The van der Waals surface area contributed by atoms with Crippen LogP contribution in [0.2, 0.25) is 0 Å². The molecule has 0 aliphatic heterocycles. The summed E-state index contributed by atoms with van der Waals surface area (Å²) >= 11 is 3.23. The first kappa shape index (κ1) is 14.9. The number of aromatic nitrogens is 2. The monoisotopic (exact) mass is 351 g/mol. The molecule has 108 valence electrons. The number of halogens is 1. The standard InChI is InChI=1S/C13H10BrN3O4/c14-8-1-2-11(16-5-8)17-12(18)7-21-10-6-15-4-3-9(10)13(19)20/h1-6H,7H2,(H,19,20)(H,16,17,18). The number of carboxylic acid groups (broad SMARTS) is 1. The highest BCUT2D eigenvalue weighted by atomic mass is 79.9. The summed E-state index contributed by atoms with van der Waals surface area (Å²) < 4.78 is 5.95. The second-order valence-electron chi connectivity index (χ2n) is 3.88. The molecule has 21 heavy (non-hydrogen) atoms. The van der Waals surface area contributed by atoms with E-state index in [1.165, 1.54) is 18.5 Å². The van der Waals surface area contributed by atoms with Crippen LogP contribution in [0.15, 0.2) is 41.3 Å². The Morgan fingerprint density at radius 2 is 2.10 bits per heavy atom. The number of anilines is 1. The fourth-order valence-corrected chi connectivity index (χ4v) is 1.68. The maximum absolute atomic E-state index is 11.7. The minimum atomic E-state index is -1.15. The molecule has 0 aromatic carbocycles. The molecule has 8 heteroatoms. The molecule has 0 saturated heterocycles. The molecule has 0 aliphatic carbocycles. The molecular formula is C13H10BrN3O4. The third kappa shape index (κ3) is 4.25. The van der Waals surface area contributed by atoms with Gasteiger partial charge < -0.3 is 15.2 Å². The first-order valence-electron chi connectivity index (χ1n) is 5.78. The summed E-state index contributed by atoms with van der Waals surface area (Å²) in [7, 11) is 0. The van der Waals surface area contributed by atoms with Crippen molar-refractivity contribution < 1.29 is 19.4 Å². The first-order chi connectivity index (χ1) is 10.1. The molecule has 1 amide bonds. The molecule has 2 aromatic rings. The zero-order valence-corrected chi connectivity index (χ0v) is 12.2. The van der Waals surface area contributed by atoms with Gasteiger partial charge in [-0.05, 0) is 34.1 Å². The number of nitrogens with one attached hydrogen (secondary N) is 1. The zero-order chi connectivity index (χ0) is 15.2. The lowest BCUT2D eigenvalue weighted by Crippen LogP contribution is -2.21. The van der Waals surface area contributed by atoms with E-state index < -0.39 is 11.9 Å². The third-order valence-electron chi connectivity index (χ3n) is 2.37. The van der Waals surface area contributed by atoms with Gasteiger partial charge in [-0.3, -0.25) is 9.78 Å². The van der Waals surface area contributed by atoms with E-state index in [-0.39, 0.29) is 17.9 Å². The van der Waals surface area contributed by atoms with E-state index in [1.54, 1.807) is 18.3 Å². The number of nitrogens with zero attached hydrogens (tertiary/aromatic N) is 2. The molecule has 2 aromatic heterocycles. The Hall–Kier alpha value is -2.48. The second-order valence-corrected chi connectivity index (χ2v) is 4.79. The van der Waals surface area contributed by atoms with Gasteiger partial charge in [-0.25, -0.2) is 9.78 Å². The van der Waals surface area contributed by atoms with Crippen LogP contribution in [0.5, 0.6) is 5.75 Å². The van der Waals surface area contributed by atoms with Gasteiger partial charge in [0.25, 0.3) is 5.91 Å². The molecule has 0 bridgehead atoms. The highest BCUT2D eigenvalue weighted by molar-refractivity contribution is 9.10. The Morgan fingerprint density at radius 1 is 1.29 bits per heavy atom. The average molecular weight is 352 g/mol. The number of pyridine rings is 2. The normalized spacial score (nSPS) is 9.95. The van der Waals surface area contributed by atoms with Crippen molar-refractivity contribution in [2.45, 2.75) is 0 Å². The number of amides is 1. The van der Waals surface area contributed by atoms with E-state index in [9.17, 15) is 9.59 Å². The SMILES string of the molecule is O=C(COc1cnccc1C(=O)O)Nc1ccc(Br)cn1. The number of rotatable bonds is 5. The Balaban J connectivity index is 1.95. The van der Waals surface area contributed by atoms with Crippen molar-refractivity contribution in [2.24, 2.45) is 0 Å². The molecule has 2 heterocycles. The minimum absolute atomic E-state index is 0.0314. The van der Waals surface area contributed by atoms with Gasteiger partial charge in [0.05, 0.1) is 6.20 Å². The maximum atomic E-state index is 11.7. The molecule has 0 unspecified atom stereocenters. The summed E-state index contributed by atoms with van der Waals surface area (Å²) in [4.78, 5) is 30.4. The Bertz CT molecular complexity index is 661. The lowest BCUT2D eigenvalue weighted by molar-refractivity contribution is -0.118. The van der Waals surface area contributed by atoms with Crippen LogP contribution in [-0.2, 0) is 4.79 Å². The van der Waals surface area contributed by atoms with Gasteiger partial charge in [0.1, 0.15) is 11.4 Å². The Labute approximate surface area is 128 Å². The van der Waals surface area contributed by atoms with Crippen molar-refractivity contribution in [1.82, 2.24) is 9.97 Å². The van der Waals surface area contributed by atoms with Crippen LogP contribution in [0.25, 0.3) is 0 Å². The number of hydrogen-bond acceptors (Lipinski definition) is 5. The van der Waals surface area contributed by atoms with E-state index in [4.69, 9.17) is 9.84 Å². The van der Waals surface area contributed by atoms with Gasteiger partial charge in [-0.2, -0.15) is 0 Å². The van der Waals surface area contributed by atoms with Crippen molar-refractivity contribution in [2.75, 3.05) is 11.9 Å². The summed E-state index contributed by atoms with van der Waals surface area (Å²) in [6.07, 6.45) is 4.12. The minimum Gasteiger partial charge on any atom is -0.481 e. The highest BCUT2D eigenvalue weighted by Crippen LogP contribution is 2.16. The van der Waals surface area contributed by atoms with Gasteiger partial charge >= 0.3 is 5.97 Å². The number of carboxylic acids is 1. The number of hydrogen-bond donors (Lipinski definition) is 2. The van der Waals surface area contributed by atoms with E-state index in [0.29, 0.717) is 5.82 Å². The third-order valence-corrected chi connectivity index (χ3v) is 2.84. The predicted octanol–water partition coefficient (Wildman–Crippen LogP) is 1.95. The van der Waals surface area contributed by atoms with Crippen molar-refractivity contribution in [3.63, 3.8) is 0 Å². The summed E-state index contributed by atoms with van der Waals surface area (Å²) in [5.74, 6) is -1.20. The topological polar surface area (TPSA) is 101 Å². The molecule has 0 radical (unpaired) electrons. The molecule has 2 N–H and O–H groups in total. The van der Waals surface area contributed by atoms with E-state index in [0.717, 1.165) is 4.47 Å². The van der Waals surface area contributed by atoms with Gasteiger partial charge in [0, 0.05) is 16.9 Å². The number of carbonyl (C=O) groups is 2. The molecule has 7 nitrogen and oxygen atoms in total. The van der Waals surface area contributed by atoms with Crippen LogP contribution >= 0.6 is 15.9 Å². The van der Waals surface area contributed by atoms with Gasteiger partial charge in [-0.15, -0.1) is 0 Å². The fraction of sp³-hybridized carbons (Fsp3) is 0.0769. The molecule has 0 atom stereocenters. The molecule has 0 saturated carbocycles. The number of aromatic carboxylic acids is 1. The first-order valence-corrected chi connectivity index (χ1v) is 6.57. The highest BCUT2D eigenvalue weighted by Gasteiger charge is 2.12. The van der Waals surface area contributed by atoms with Crippen LogP contribution in [0.3, 0.4) is 0 Å². The van der Waals surface area contributed by atoms with Crippen LogP contribution < -0.4 is 10.1 Å². The summed E-state index contributed by atoms with van der Waals surface area (Å²) in [5, 5.41) is 11.5. The van der Waals surface area contributed by atoms with Crippen LogP contribution in [0.1, 0.15) is 10.4 Å². The summed E-state index contributed by atoms with van der Waals surface area (Å²) in [6.45, 7) is -0.344. The van der Waals surface area contributed by atoms with Gasteiger partial charge in [0.15, 0.2) is 12.4 Å². The second kappa shape index (κ2) is 6.80. The van der Waals surface area contributed by atoms with Gasteiger partial charge in [0.2, 0.25) is 0 Å². The Kier molecular flexibility index (Phi) is 4.83. The average Bonchev–Trinajstić information content (AvgIpc) is 2.48. The van der Waals surface area contributed by atoms with Gasteiger partial charge in [-0.1, -0.05) is 0 Å². The van der Waals surface area contributed by atoms with Crippen LogP contribution in [-0.4, -0.2) is 33.6 Å². The van der Waals surface area contributed by atoms with Crippen molar-refractivity contribution in [3.8, 4) is 5.75 Å². The quantitative estimate of drug-likeness (QED) is 0.853. The van der Waals surface area contributed by atoms with Crippen molar-refractivity contribution >= 4 is 33.6 Å². The molecule has 0 aliphatic rings. The van der Waals surface area contributed by atoms with E-state index >= 15 is 0 Å². The molecule has 0 fully saturated rings. The van der Waals surface area contributed by atoms with E-state index in [1.807, 2.05) is 0 Å². The van der Waals surface area contributed by atoms with Crippen LogP contribution in [0.4, 0.5) is 5.82 Å². The lowest BCUT2D eigenvalue weighted by Gasteiger charge is -2.08. The van der Waals surface area contributed by atoms with E-state index in [2.05, 4.69) is 31.2 Å². The molecule has 0 spiro atoms. The van der Waals surface area contributed by atoms with Crippen molar-refractivity contribution in [3.05, 3.63) is 46.8 Å². The fourth-order valence-electron chi connectivity index (χ4n) is 1.44. The molecular weight excluding hydrogens is 342 g/mol. The summed E-state index contributed by atoms with van der Waals surface area (Å²) in [5.41, 5.74) is -0.0560. The zero-order valence-electron chi connectivity index (χ0n) is 10.6. The number of ether oxygens (including phenoxy) is 1.